The minimum atomic E-state index is 0.0408. The van der Waals surface area contributed by atoms with E-state index < -0.39 is 0 Å². The lowest BCUT2D eigenvalue weighted by Crippen LogP contribution is -2.16. The van der Waals surface area contributed by atoms with E-state index in [-0.39, 0.29) is 12.6 Å². The Labute approximate surface area is 122 Å². The summed E-state index contributed by atoms with van der Waals surface area (Å²) in [5.41, 5.74) is 6.19. The van der Waals surface area contributed by atoms with Gasteiger partial charge in [-0.25, -0.2) is 0 Å². The van der Waals surface area contributed by atoms with Gasteiger partial charge in [-0.2, -0.15) is 4.98 Å². The van der Waals surface area contributed by atoms with Gasteiger partial charge < -0.3 is 24.5 Å². The van der Waals surface area contributed by atoms with Crippen molar-refractivity contribution in [1.82, 2.24) is 10.1 Å². The molecule has 0 amide bonds. The summed E-state index contributed by atoms with van der Waals surface area (Å²) in [5.74, 6) is 2.03. The molecule has 2 N–H and O–H groups in total. The Morgan fingerprint density at radius 1 is 1.43 bits per heavy atom. The number of hydrogen-bond donors (Lipinski definition) is 1. The molecule has 1 fully saturated rings. The van der Waals surface area contributed by atoms with E-state index in [1.165, 1.54) is 0 Å². The summed E-state index contributed by atoms with van der Waals surface area (Å²) in [4.78, 5) is 4.22. The summed E-state index contributed by atoms with van der Waals surface area (Å²) >= 11 is 0. The Balaban J connectivity index is 1.92. The molecule has 0 bridgehead atoms. The number of nitrogens with zero attached hydrogens (tertiary/aromatic N) is 2. The molecule has 0 saturated carbocycles. The average molecular weight is 291 g/mol. The van der Waals surface area contributed by atoms with Crippen LogP contribution >= 0.6 is 0 Å². The van der Waals surface area contributed by atoms with Gasteiger partial charge in [-0.15, -0.1) is 0 Å². The van der Waals surface area contributed by atoms with E-state index >= 15 is 0 Å². The Morgan fingerprint density at radius 3 is 3.00 bits per heavy atom. The van der Waals surface area contributed by atoms with Crippen molar-refractivity contribution in [2.75, 3.05) is 20.3 Å². The number of hydrogen-bond acceptors (Lipinski definition) is 7. The van der Waals surface area contributed by atoms with Gasteiger partial charge in [0.25, 0.3) is 0 Å². The van der Waals surface area contributed by atoms with Crippen LogP contribution in [0, 0.1) is 0 Å². The Hall–Kier alpha value is -2.12. The summed E-state index contributed by atoms with van der Waals surface area (Å²) < 4.78 is 21.8. The lowest BCUT2D eigenvalue weighted by atomic mass is 10.1. The van der Waals surface area contributed by atoms with Crippen LogP contribution in [0.2, 0.25) is 0 Å². The molecule has 1 aromatic heterocycles. The van der Waals surface area contributed by atoms with Crippen LogP contribution in [0.4, 0.5) is 0 Å². The van der Waals surface area contributed by atoms with Gasteiger partial charge in [0.05, 0.1) is 32.4 Å². The molecule has 7 heteroatoms. The lowest BCUT2D eigenvalue weighted by Gasteiger charge is -2.16. The third-order valence-corrected chi connectivity index (χ3v) is 3.25. The van der Waals surface area contributed by atoms with Gasteiger partial charge in [-0.1, -0.05) is 11.2 Å². The highest BCUT2D eigenvalue weighted by Gasteiger charge is 2.22. The fourth-order valence-electron chi connectivity index (χ4n) is 2.23. The number of para-hydroxylation sites is 1. The highest BCUT2D eigenvalue weighted by molar-refractivity contribution is 5.68. The molecular formula is C14H17N3O4. The van der Waals surface area contributed by atoms with Crippen LogP contribution in [0.5, 0.6) is 11.5 Å². The standard InChI is InChI=1S/C14H17N3O4/c1-18-13-10(14-16-12(7-15)21-17-14)3-2-4-11(13)20-9-5-6-19-8-9/h2-4,9H,5-8,15H2,1H3. The first-order chi connectivity index (χ1) is 10.3. The highest BCUT2D eigenvalue weighted by atomic mass is 16.6. The molecule has 0 spiro atoms. The molecular weight excluding hydrogens is 274 g/mol. The summed E-state index contributed by atoms with van der Waals surface area (Å²) in [6.45, 7) is 1.51. The van der Waals surface area contributed by atoms with E-state index in [0.29, 0.717) is 35.4 Å². The molecule has 1 aromatic carbocycles. The molecule has 2 heterocycles. The smallest absolute Gasteiger partial charge is 0.240 e. The molecule has 0 aliphatic carbocycles. The molecule has 21 heavy (non-hydrogen) atoms. The number of benzene rings is 1. The molecule has 2 aromatic rings. The first-order valence-electron chi connectivity index (χ1n) is 6.76. The average Bonchev–Trinajstić information content (AvgIpc) is 3.18. The first-order valence-corrected chi connectivity index (χ1v) is 6.76. The van der Waals surface area contributed by atoms with Crippen molar-refractivity contribution < 1.29 is 18.7 Å². The van der Waals surface area contributed by atoms with Gasteiger partial charge in [0, 0.05) is 6.42 Å². The summed E-state index contributed by atoms with van der Waals surface area (Å²) in [7, 11) is 1.58. The van der Waals surface area contributed by atoms with E-state index in [9.17, 15) is 0 Å². The number of aromatic nitrogens is 2. The molecule has 3 rings (SSSR count). The van der Waals surface area contributed by atoms with Gasteiger partial charge in [-0.3, -0.25) is 0 Å². The molecule has 0 radical (unpaired) electrons. The topological polar surface area (TPSA) is 92.6 Å². The van der Waals surface area contributed by atoms with Crippen LogP contribution in [-0.4, -0.2) is 36.6 Å². The first kappa shape index (κ1) is 13.8. The maximum Gasteiger partial charge on any atom is 0.240 e. The highest BCUT2D eigenvalue weighted by Crippen LogP contribution is 2.37. The molecule has 1 aliphatic heterocycles. The van der Waals surface area contributed by atoms with Crippen molar-refractivity contribution in [3.63, 3.8) is 0 Å². The number of ether oxygens (including phenoxy) is 3. The van der Waals surface area contributed by atoms with Crippen LogP contribution in [0.25, 0.3) is 11.4 Å². The van der Waals surface area contributed by atoms with Crippen LogP contribution < -0.4 is 15.2 Å². The zero-order valence-electron chi connectivity index (χ0n) is 11.7. The fourth-order valence-corrected chi connectivity index (χ4v) is 2.23. The van der Waals surface area contributed by atoms with Crippen molar-refractivity contribution in [1.29, 1.82) is 0 Å². The molecule has 1 unspecified atom stereocenters. The minimum Gasteiger partial charge on any atom is -0.492 e. The predicted molar refractivity (Wildman–Crippen MR) is 74.0 cm³/mol. The maximum absolute atomic E-state index is 5.93. The summed E-state index contributed by atoms with van der Waals surface area (Å²) in [6, 6.07) is 5.56. The molecule has 1 atom stereocenters. The molecule has 1 aliphatic rings. The summed E-state index contributed by atoms with van der Waals surface area (Å²) in [5, 5.41) is 3.91. The molecule has 1 saturated heterocycles. The predicted octanol–water partition coefficient (Wildman–Crippen LogP) is 1.37. The van der Waals surface area contributed by atoms with E-state index in [1.807, 2.05) is 18.2 Å². The van der Waals surface area contributed by atoms with E-state index in [2.05, 4.69) is 10.1 Å². The monoisotopic (exact) mass is 291 g/mol. The third-order valence-electron chi connectivity index (χ3n) is 3.25. The fraction of sp³-hybridized carbons (Fsp3) is 0.429. The quantitative estimate of drug-likeness (QED) is 0.889. The van der Waals surface area contributed by atoms with Crippen LogP contribution in [0.15, 0.2) is 22.7 Å². The van der Waals surface area contributed by atoms with Gasteiger partial charge in [0.1, 0.15) is 6.10 Å². The van der Waals surface area contributed by atoms with Crippen LogP contribution in [0.3, 0.4) is 0 Å². The second-order valence-corrected chi connectivity index (χ2v) is 4.66. The van der Waals surface area contributed by atoms with Crippen molar-refractivity contribution in [3.8, 4) is 22.9 Å². The van der Waals surface area contributed by atoms with E-state index in [1.54, 1.807) is 7.11 Å². The van der Waals surface area contributed by atoms with Crippen molar-refractivity contribution in [3.05, 3.63) is 24.1 Å². The van der Waals surface area contributed by atoms with Gasteiger partial charge in [-0.05, 0) is 12.1 Å². The van der Waals surface area contributed by atoms with Crippen molar-refractivity contribution in [2.24, 2.45) is 5.73 Å². The van der Waals surface area contributed by atoms with Crippen LogP contribution in [-0.2, 0) is 11.3 Å². The number of methoxy groups -OCH3 is 1. The molecule has 112 valence electrons. The zero-order valence-corrected chi connectivity index (χ0v) is 11.7. The minimum absolute atomic E-state index is 0.0408. The third kappa shape index (κ3) is 2.84. The zero-order chi connectivity index (χ0) is 14.7. The molecule has 7 nitrogen and oxygen atoms in total. The maximum atomic E-state index is 5.93. The lowest BCUT2D eigenvalue weighted by molar-refractivity contribution is 0.139. The largest absolute Gasteiger partial charge is 0.492 e. The summed E-state index contributed by atoms with van der Waals surface area (Å²) in [6.07, 6.45) is 0.909. The number of nitrogens with two attached hydrogens (primary N) is 1. The second kappa shape index (κ2) is 6.11. The van der Waals surface area contributed by atoms with Gasteiger partial charge >= 0.3 is 0 Å². The Bertz CT molecular complexity index is 608. The Kier molecular flexibility index (Phi) is 4.03. The van der Waals surface area contributed by atoms with Crippen molar-refractivity contribution >= 4 is 0 Å². The normalized spacial score (nSPS) is 17.9. The number of rotatable bonds is 5. The van der Waals surface area contributed by atoms with Gasteiger partial charge in [0.15, 0.2) is 11.5 Å². The van der Waals surface area contributed by atoms with Crippen LogP contribution in [0.1, 0.15) is 12.3 Å². The van der Waals surface area contributed by atoms with Gasteiger partial charge in [0.2, 0.25) is 11.7 Å². The Morgan fingerprint density at radius 2 is 2.33 bits per heavy atom. The van der Waals surface area contributed by atoms with E-state index in [4.69, 9.17) is 24.5 Å². The van der Waals surface area contributed by atoms with E-state index in [0.717, 1.165) is 13.0 Å². The SMILES string of the molecule is COc1c(OC2CCOC2)cccc1-c1noc(CN)n1. The second-order valence-electron chi connectivity index (χ2n) is 4.66. The van der Waals surface area contributed by atoms with Crippen molar-refractivity contribution in [2.45, 2.75) is 19.1 Å².